The molecule has 0 bridgehead atoms. The van der Waals surface area contributed by atoms with Crippen molar-refractivity contribution >= 4 is 43.4 Å². The Balaban J connectivity index is 2.37. The van der Waals surface area contributed by atoms with E-state index in [2.05, 4.69) is 12.6 Å². The van der Waals surface area contributed by atoms with Crippen molar-refractivity contribution in [1.29, 1.82) is 0 Å². The number of halogens is 1. The van der Waals surface area contributed by atoms with Crippen LogP contribution in [0.5, 0.6) is 0 Å². The first-order chi connectivity index (χ1) is 11.1. The van der Waals surface area contributed by atoms with Gasteiger partial charge in [-0.2, -0.15) is 12.6 Å². The van der Waals surface area contributed by atoms with Crippen molar-refractivity contribution in [2.45, 2.75) is 45.3 Å². The van der Waals surface area contributed by atoms with Gasteiger partial charge in [-0.1, -0.05) is 23.7 Å². The molecule has 0 spiro atoms. The molecular weight excluding hydrogens is 347 g/mol. The number of carbonyl (C=O) groups is 1. The van der Waals surface area contributed by atoms with Gasteiger partial charge in [0.2, 0.25) is 0 Å². The zero-order valence-electron chi connectivity index (χ0n) is 14.3. The molecule has 0 amide bonds. The van der Waals surface area contributed by atoms with Crippen LogP contribution in [0.3, 0.4) is 0 Å². The maximum Gasteiger partial charge on any atom is 0.491 e. The highest BCUT2D eigenvalue weighted by atomic mass is 35.5. The Labute approximate surface area is 153 Å². The molecule has 1 aliphatic heterocycles. The van der Waals surface area contributed by atoms with Crippen LogP contribution in [0.4, 0.5) is 0 Å². The van der Waals surface area contributed by atoms with Gasteiger partial charge in [-0.05, 0) is 56.4 Å². The van der Waals surface area contributed by atoms with Gasteiger partial charge < -0.3 is 14.4 Å². The zero-order valence-corrected chi connectivity index (χ0v) is 15.9. The molecule has 1 aromatic rings. The molecule has 2 rings (SSSR count). The van der Waals surface area contributed by atoms with Gasteiger partial charge in [-0.15, -0.1) is 0 Å². The number of aliphatic carboxylic acids is 1. The summed E-state index contributed by atoms with van der Waals surface area (Å²) in [5.41, 5.74) is 1.38. The number of hydrogen-bond donors (Lipinski definition) is 2. The van der Waals surface area contributed by atoms with E-state index in [-0.39, 0.29) is 6.42 Å². The molecule has 0 unspecified atom stereocenters. The first-order valence-electron chi connectivity index (χ1n) is 7.73. The van der Waals surface area contributed by atoms with Crippen LogP contribution in [-0.2, 0) is 20.5 Å². The highest BCUT2D eigenvalue weighted by molar-refractivity contribution is 7.80. The van der Waals surface area contributed by atoms with Crippen molar-refractivity contribution in [1.82, 2.24) is 0 Å². The minimum absolute atomic E-state index is 0.102. The van der Waals surface area contributed by atoms with Crippen molar-refractivity contribution in [3.05, 3.63) is 39.8 Å². The highest BCUT2D eigenvalue weighted by Gasteiger charge is 2.52. The van der Waals surface area contributed by atoms with E-state index in [0.717, 1.165) is 11.0 Å². The Morgan fingerprint density at radius 2 is 1.88 bits per heavy atom. The molecule has 0 aromatic heterocycles. The fourth-order valence-electron chi connectivity index (χ4n) is 2.41. The summed E-state index contributed by atoms with van der Waals surface area (Å²) in [6, 6.07) is 5.20. The van der Waals surface area contributed by atoms with Crippen LogP contribution in [0.25, 0.3) is 6.08 Å². The van der Waals surface area contributed by atoms with Gasteiger partial charge in [0.1, 0.15) is 0 Å². The number of rotatable bonds is 5. The summed E-state index contributed by atoms with van der Waals surface area (Å²) in [5.74, 6) is -0.471. The summed E-state index contributed by atoms with van der Waals surface area (Å²) < 4.78 is 12.1. The summed E-state index contributed by atoms with van der Waals surface area (Å²) >= 11 is 10.4. The molecule has 1 aliphatic rings. The van der Waals surface area contributed by atoms with Crippen LogP contribution in [0, 0.1) is 0 Å². The molecule has 1 aromatic carbocycles. The number of thiol groups is 1. The molecule has 1 heterocycles. The van der Waals surface area contributed by atoms with Gasteiger partial charge in [-0.25, -0.2) is 0 Å². The molecule has 0 saturated carbocycles. The number of carboxylic acids is 1. The zero-order chi connectivity index (χ0) is 18.1. The van der Waals surface area contributed by atoms with E-state index in [1.54, 1.807) is 18.2 Å². The Morgan fingerprint density at radius 1 is 1.29 bits per heavy atom. The molecular formula is C17H22BClO4S. The molecule has 7 heteroatoms. The maximum absolute atomic E-state index is 11.1. The van der Waals surface area contributed by atoms with E-state index in [4.69, 9.17) is 26.0 Å². The fraction of sp³-hybridized carbons (Fsp3) is 0.471. The Kier molecular flexibility index (Phi) is 5.75. The fourth-order valence-corrected chi connectivity index (χ4v) is 2.85. The summed E-state index contributed by atoms with van der Waals surface area (Å²) in [6.45, 7) is 7.95. The Bertz CT molecular complexity index is 657. The topological polar surface area (TPSA) is 55.8 Å². The second kappa shape index (κ2) is 7.12. The molecule has 130 valence electrons. The van der Waals surface area contributed by atoms with Crippen molar-refractivity contribution < 1.29 is 19.2 Å². The highest BCUT2D eigenvalue weighted by Crippen LogP contribution is 2.39. The normalized spacial score (nSPS) is 19.6. The largest absolute Gasteiger partial charge is 0.491 e. The molecule has 0 aliphatic carbocycles. The third-order valence-corrected chi connectivity index (χ3v) is 5.13. The minimum Gasteiger partial charge on any atom is -0.481 e. The second-order valence-corrected chi connectivity index (χ2v) is 7.63. The van der Waals surface area contributed by atoms with Gasteiger partial charge in [0.15, 0.2) is 0 Å². The minimum atomic E-state index is -0.907. The predicted octanol–water partition coefficient (Wildman–Crippen LogP) is 3.91. The van der Waals surface area contributed by atoms with Gasteiger partial charge >= 0.3 is 13.1 Å². The van der Waals surface area contributed by atoms with Crippen molar-refractivity contribution in [2.24, 2.45) is 0 Å². The van der Waals surface area contributed by atoms with E-state index in [9.17, 15) is 4.79 Å². The standard InChI is InChI=1S/C17H22BClO4S/c1-16(2)17(3,4)23-18(22-16)13(10-24)7-11-5-6-14(19)8-12(11)9-15(20)21/h5-8,24H,9-10H2,1-4H3,(H,20,21). The van der Waals surface area contributed by atoms with Crippen molar-refractivity contribution in [3.8, 4) is 0 Å². The smallest absolute Gasteiger partial charge is 0.481 e. The maximum atomic E-state index is 11.1. The van der Waals surface area contributed by atoms with Crippen molar-refractivity contribution in [3.63, 3.8) is 0 Å². The summed E-state index contributed by atoms with van der Waals surface area (Å²) in [7, 11) is -0.513. The van der Waals surface area contributed by atoms with Crippen LogP contribution < -0.4 is 0 Å². The summed E-state index contributed by atoms with van der Waals surface area (Å²) in [5, 5.41) is 9.60. The second-order valence-electron chi connectivity index (χ2n) is 6.88. The van der Waals surface area contributed by atoms with E-state index in [1.165, 1.54) is 0 Å². The predicted molar refractivity (Wildman–Crippen MR) is 101 cm³/mol. The van der Waals surface area contributed by atoms with Crippen LogP contribution >= 0.6 is 24.2 Å². The van der Waals surface area contributed by atoms with E-state index < -0.39 is 24.3 Å². The lowest BCUT2D eigenvalue weighted by atomic mass is 9.78. The van der Waals surface area contributed by atoms with E-state index in [1.807, 2.05) is 33.8 Å². The average Bonchev–Trinajstić information content (AvgIpc) is 2.66. The lowest BCUT2D eigenvalue weighted by molar-refractivity contribution is -0.136. The molecule has 4 nitrogen and oxygen atoms in total. The average molecular weight is 369 g/mol. The van der Waals surface area contributed by atoms with Gasteiger partial charge in [-0.3, -0.25) is 4.79 Å². The SMILES string of the molecule is CC1(C)OB(C(=Cc2ccc(Cl)cc2CC(=O)O)CS)OC1(C)C. The van der Waals surface area contributed by atoms with E-state index >= 15 is 0 Å². The van der Waals surface area contributed by atoms with Gasteiger partial charge in [0, 0.05) is 10.8 Å². The van der Waals surface area contributed by atoms with Crippen LogP contribution in [-0.4, -0.2) is 35.1 Å². The molecule has 24 heavy (non-hydrogen) atoms. The number of benzene rings is 1. The van der Waals surface area contributed by atoms with Gasteiger partial charge in [0.05, 0.1) is 17.6 Å². The third kappa shape index (κ3) is 4.17. The first-order valence-corrected chi connectivity index (χ1v) is 8.74. The number of carboxylic acid groups (broad SMARTS) is 1. The van der Waals surface area contributed by atoms with Crippen molar-refractivity contribution in [2.75, 3.05) is 5.75 Å². The Morgan fingerprint density at radius 3 is 2.38 bits per heavy atom. The molecule has 1 fully saturated rings. The lowest BCUT2D eigenvalue weighted by Gasteiger charge is -2.32. The molecule has 0 atom stereocenters. The lowest BCUT2D eigenvalue weighted by Crippen LogP contribution is -2.41. The van der Waals surface area contributed by atoms with Crippen LogP contribution in [0.1, 0.15) is 38.8 Å². The molecule has 1 N–H and O–H groups in total. The van der Waals surface area contributed by atoms with E-state index in [0.29, 0.717) is 16.3 Å². The monoisotopic (exact) mass is 368 g/mol. The molecule has 0 radical (unpaired) electrons. The Hall–Kier alpha value is -0.945. The van der Waals surface area contributed by atoms with Crippen LogP contribution in [0.15, 0.2) is 23.7 Å². The van der Waals surface area contributed by atoms with Gasteiger partial charge in [0.25, 0.3) is 0 Å². The summed E-state index contributed by atoms with van der Waals surface area (Å²) in [6.07, 6.45) is 1.78. The van der Waals surface area contributed by atoms with Crippen LogP contribution in [0.2, 0.25) is 5.02 Å². The quantitative estimate of drug-likeness (QED) is 0.611. The molecule has 1 saturated heterocycles. The first kappa shape index (κ1) is 19.4. The third-order valence-electron chi connectivity index (χ3n) is 4.53. The summed E-state index contributed by atoms with van der Waals surface area (Å²) in [4.78, 5) is 11.1. The number of hydrogen-bond acceptors (Lipinski definition) is 4.